The zero-order chi connectivity index (χ0) is 13.7. The van der Waals surface area contributed by atoms with E-state index in [0.29, 0.717) is 30.5 Å². The van der Waals surface area contributed by atoms with Crippen molar-refractivity contribution in [3.05, 3.63) is 24.3 Å². The van der Waals surface area contributed by atoms with Gasteiger partial charge in [0.2, 0.25) is 5.91 Å². The van der Waals surface area contributed by atoms with Crippen LogP contribution in [0.2, 0.25) is 0 Å². The lowest BCUT2D eigenvalue weighted by molar-refractivity contribution is -0.132. The van der Waals surface area contributed by atoms with E-state index in [-0.39, 0.29) is 5.91 Å². The molecule has 0 heterocycles. The molecule has 0 bridgehead atoms. The van der Waals surface area contributed by atoms with Crippen LogP contribution in [0.1, 0.15) is 32.6 Å². The van der Waals surface area contributed by atoms with Crippen LogP contribution in [-0.2, 0) is 4.79 Å². The number of amides is 1. The van der Waals surface area contributed by atoms with Crippen LogP contribution < -0.4 is 10.5 Å². The fraction of sp³-hybridized carbons (Fsp3) is 0.533. The van der Waals surface area contributed by atoms with Gasteiger partial charge in [-0.25, -0.2) is 0 Å². The normalized spacial score (nSPS) is 14.2. The molecule has 19 heavy (non-hydrogen) atoms. The Morgan fingerprint density at radius 1 is 1.42 bits per heavy atom. The van der Waals surface area contributed by atoms with Gasteiger partial charge in [0.05, 0.1) is 18.7 Å². The Balaban J connectivity index is 1.78. The van der Waals surface area contributed by atoms with Crippen molar-refractivity contribution in [3.8, 4) is 5.75 Å². The van der Waals surface area contributed by atoms with E-state index in [9.17, 15) is 4.79 Å². The second-order valence-corrected chi connectivity index (χ2v) is 4.95. The number of para-hydroxylation sites is 2. The highest BCUT2D eigenvalue weighted by Crippen LogP contribution is 2.27. The van der Waals surface area contributed by atoms with E-state index in [0.717, 1.165) is 25.8 Å². The average molecular weight is 262 g/mol. The maximum atomic E-state index is 12.1. The van der Waals surface area contributed by atoms with Crippen LogP contribution in [0.4, 0.5) is 5.69 Å². The summed E-state index contributed by atoms with van der Waals surface area (Å²) in [4.78, 5) is 14.1. The molecule has 1 aliphatic carbocycles. The first-order valence-corrected chi connectivity index (χ1v) is 6.99. The first-order chi connectivity index (χ1) is 9.22. The van der Waals surface area contributed by atoms with Crippen molar-refractivity contribution >= 4 is 11.6 Å². The predicted molar refractivity (Wildman–Crippen MR) is 76.0 cm³/mol. The van der Waals surface area contributed by atoms with Gasteiger partial charge in [-0.05, 0) is 31.4 Å². The second kappa shape index (κ2) is 6.45. The summed E-state index contributed by atoms with van der Waals surface area (Å²) >= 11 is 0. The molecule has 1 aromatic carbocycles. The minimum absolute atomic E-state index is 0.193. The van der Waals surface area contributed by atoms with Gasteiger partial charge in [-0.15, -0.1) is 0 Å². The Kier molecular flexibility index (Phi) is 4.66. The number of nitrogen functional groups attached to an aromatic ring is 1. The number of anilines is 1. The van der Waals surface area contributed by atoms with Crippen LogP contribution in [0.5, 0.6) is 5.75 Å². The third-order valence-corrected chi connectivity index (χ3v) is 3.27. The number of rotatable bonds is 7. The number of ether oxygens (including phenoxy) is 1. The van der Waals surface area contributed by atoms with Gasteiger partial charge in [-0.1, -0.05) is 19.1 Å². The van der Waals surface area contributed by atoms with Crippen LogP contribution in [-0.4, -0.2) is 30.0 Å². The molecule has 2 rings (SSSR count). The summed E-state index contributed by atoms with van der Waals surface area (Å²) in [6.45, 7) is 3.35. The fourth-order valence-corrected chi connectivity index (χ4v) is 2.14. The molecule has 2 N–H and O–H groups in total. The van der Waals surface area contributed by atoms with Gasteiger partial charge in [0, 0.05) is 12.6 Å². The summed E-state index contributed by atoms with van der Waals surface area (Å²) in [5.41, 5.74) is 6.40. The van der Waals surface area contributed by atoms with E-state index in [1.165, 1.54) is 0 Å². The summed E-state index contributed by atoms with van der Waals surface area (Å²) in [7, 11) is 0. The van der Waals surface area contributed by atoms with E-state index >= 15 is 0 Å². The van der Waals surface area contributed by atoms with Gasteiger partial charge in [-0.2, -0.15) is 0 Å². The van der Waals surface area contributed by atoms with Crippen LogP contribution in [0.15, 0.2) is 24.3 Å². The third-order valence-electron chi connectivity index (χ3n) is 3.27. The lowest BCUT2D eigenvalue weighted by Crippen LogP contribution is -2.34. The number of hydrogen-bond donors (Lipinski definition) is 1. The first-order valence-electron chi connectivity index (χ1n) is 6.99. The van der Waals surface area contributed by atoms with Crippen molar-refractivity contribution in [2.75, 3.05) is 18.9 Å². The topological polar surface area (TPSA) is 55.6 Å². The molecule has 4 nitrogen and oxygen atoms in total. The number of nitrogens with zero attached hydrogens (tertiary/aromatic N) is 1. The summed E-state index contributed by atoms with van der Waals surface area (Å²) in [6, 6.07) is 7.84. The molecular weight excluding hydrogens is 240 g/mol. The van der Waals surface area contributed by atoms with Crippen molar-refractivity contribution in [1.29, 1.82) is 0 Å². The molecule has 4 heteroatoms. The Labute approximate surface area is 114 Å². The lowest BCUT2D eigenvalue weighted by Gasteiger charge is -2.21. The second-order valence-electron chi connectivity index (χ2n) is 4.95. The Bertz CT molecular complexity index is 430. The highest BCUT2D eigenvalue weighted by molar-refractivity contribution is 5.77. The van der Waals surface area contributed by atoms with Crippen molar-refractivity contribution in [2.45, 2.75) is 38.6 Å². The van der Waals surface area contributed by atoms with Gasteiger partial charge in [0.25, 0.3) is 0 Å². The minimum atomic E-state index is 0.193. The SMILES string of the molecule is CCCN(C(=O)CCOc1ccccc1N)C1CC1. The minimum Gasteiger partial charge on any atom is -0.491 e. The Hall–Kier alpha value is -1.71. The lowest BCUT2D eigenvalue weighted by atomic mass is 10.3. The van der Waals surface area contributed by atoms with E-state index < -0.39 is 0 Å². The number of hydrogen-bond acceptors (Lipinski definition) is 3. The predicted octanol–water partition coefficient (Wildman–Crippen LogP) is 2.44. The highest BCUT2D eigenvalue weighted by atomic mass is 16.5. The molecule has 0 unspecified atom stereocenters. The maximum Gasteiger partial charge on any atom is 0.226 e. The number of nitrogens with two attached hydrogens (primary N) is 1. The van der Waals surface area contributed by atoms with Crippen LogP contribution in [0.3, 0.4) is 0 Å². The smallest absolute Gasteiger partial charge is 0.226 e. The molecule has 1 fully saturated rings. The first kappa shape index (κ1) is 13.7. The molecule has 1 amide bonds. The van der Waals surface area contributed by atoms with Crippen LogP contribution >= 0.6 is 0 Å². The van der Waals surface area contributed by atoms with Crippen LogP contribution in [0, 0.1) is 0 Å². The summed E-state index contributed by atoms with van der Waals surface area (Å²) < 4.78 is 5.56. The average Bonchev–Trinajstić information content (AvgIpc) is 3.22. The largest absolute Gasteiger partial charge is 0.491 e. The monoisotopic (exact) mass is 262 g/mol. The number of carbonyl (C=O) groups excluding carboxylic acids is 1. The van der Waals surface area contributed by atoms with Crippen molar-refractivity contribution in [1.82, 2.24) is 4.90 Å². The van der Waals surface area contributed by atoms with Crippen LogP contribution in [0.25, 0.3) is 0 Å². The quantitative estimate of drug-likeness (QED) is 0.768. The highest BCUT2D eigenvalue weighted by Gasteiger charge is 2.31. The van der Waals surface area contributed by atoms with Gasteiger partial charge in [0.1, 0.15) is 5.75 Å². The summed E-state index contributed by atoms with van der Waals surface area (Å²) in [5, 5.41) is 0. The van der Waals surface area contributed by atoms with E-state index in [4.69, 9.17) is 10.5 Å². The summed E-state index contributed by atoms with van der Waals surface area (Å²) in [6.07, 6.45) is 3.73. The molecule has 0 aliphatic heterocycles. The maximum absolute atomic E-state index is 12.1. The molecule has 1 aliphatic rings. The standard InChI is InChI=1S/C15H22N2O2/c1-2-10-17(12-7-8-12)15(18)9-11-19-14-6-4-3-5-13(14)16/h3-6,12H,2,7-11,16H2,1H3. The van der Waals surface area contributed by atoms with Gasteiger partial charge in [0.15, 0.2) is 0 Å². The molecule has 1 aromatic rings. The van der Waals surface area contributed by atoms with E-state index in [2.05, 4.69) is 6.92 Å². The Morgan fingerprint density at radius 2 is 2.16 bits per heavy atom. The van der Waals surface area contributed by atoms with Crippen molar-refractivity contribution in [3.63, 3.8) is 0 Å². The van der Waals surface area contributed by atoms with E-state index in [1.807, 2.05) is 23.1 Å². The molecule has 0 saturated heterocycles. The molecule has 0 aromatic heterocycles. The molecule has 0 spiro atoms. The fourth-order valence-electron chi connectivity index (χ4n) is 2.14. The van der Waals surface area contributed by atoms with E-state index in [1.54, 1.807) is 6.07 Å². The van der Waals surface area contributed by atoms with Gasteiger partial charge < -0.3 is 15.4 Å². The van der Waals surface area contributed by atoms with Crippen molar-refractivity contribution in [2.24, 2.45) is 0 Å². The molecule has 1 saturated carbocycles. The molecule has 0 atom stereocenters. The zero-order valence-electron chi connectivity index (χ0n) is 11.5. The molecule has 104 valence electrons. The Morgan fingerprint density at radius 3 is 2.79 bits per heavy atom. The molecular formula is C15H22N2O2. The van der Waals surface area contributed by atoms with Gasteiger partial charge >= 0.3 is 0 Å². The molecule has 0 radical (unpaired) electrons. The van der Waals surface area contributed by atoms with Crippen molar-refractivity contribution < 1.29 is 9.53 Å². The van der Waals surface area contributed by atoms with Gasteiger partial charge in [-0.3, -0.25) is 4.79 Å². The zero-order valence-corrected chi connectivity index (χ0v) is 11.5. The number of carbonyl (C=O) groups is 1. The third kappa shape index (κ3) is 3.88. The summed E-state index contributed by atoms with van der Waals surface area (Å²) in [5.74, 6) is 0.850. The number of benzene rings is 1.